The first-order valence-electron chi connectivity index (χ1n) is 13.0. The van der Waals surface area contributed by atoms with Crippen LogP contribution in [0.4, 0.5) is 18.0 Å². The summed E-state index contributed by atoms with van der Waals surface area (Å²) in [5, 5.41) is 0. The van der Waals surface area contributed by atoms with Crippen molar-refractivity contribution in [3.8, 4) is 5.75 Å². The predicted molar refractivity (Wildman–Crippen MR) is 127 cm³/mol. The summed E-state index contributed by atoms with van der Waals surface area (Å²) in [5.74, 6) is 0.893. The summed E-state index contributed by atoms with van der Waals surface area (Å²) in [5.41, 5.74) is 1.18. The average Bonchev–Trinajstić information content (AvgIpc) is 3.21. The largest absolute Gasteiger partial charge is 0.492 e. The number of hydrogen-bond donors (Lipinski definition) is 0. The van der Waals surface area contributed by atoms with E-state index < -0.39 is 18.4 Å². The minimum Gasteiger partial charge on any atom is -0.492 e. The van der Waals surface area contributed by atoms with Crippen molar-refractivity contribution in [2.24, 2.45) is 0 Å². The van der Waals surface area contributed by atoms with Crippen LogP contribution >= 0.6 is 0 Å². The van der Waals surface area contributed by atoms with Gasteiger partial charge >= 0.3 is 12.3 Å². The molecule has 3 saturated heterocycles. The number of carbonyl (C=O) groups excluding carboxylic acids is 1. The Morgan fingerprint density at radius 1 is 1.03 bits per heavy atom. The van der Waals surface area contributed by atoms with Crippen LogP contribution in [0, 0.1) is 0 Å². The van der Waals surface area contributed by atoms with Gasteiger partial charge in [0.1, 0.15) is 12.4 Å². The number of rotatable bonds is 7. The summed E-state index contributed by atoms with van der Waals surface area (Å²) >= 11 is 0. The van der Waals surface area contributed by atoms with E-state index in [2.05, 4.69) is 26.7 Å². The molecule has 3 heterocycles. The van der Waals surface area contributed by atoms with Gasteiger partial charge < -0.3 is 14.4 Å². The number of halogens is 3. The number of alkyl halides is 3. The SMILES string of the molecule is CC(OC(=O)N1CCC2(CCCN2Cc2cccc(OCCN3CCCCC3)c2)CC1)C(F)(F)F. The maximum atomic E-state index is 12.7. The van der Waals surface area contributed by atoms with E-state index in [4.69, 9.17) is 4.74 Å². The molecule has 4 rings (SSSR count). The summed E-state index contributed by atoms with van der Waals surface area (Å²) in [6, 6.07) is 8.28. The molecule has 1 aromatic rings. The standard InChI is InChI=1S/C26H38F3N3O3/c1-21(26(27,28)29)35-24(33)31-15-10-25(11-16-31)9-6-14-32(25)20-22-7-5-8-23(19-22)34-18-17-30-12-3-2-4-13-30/h5,7-8,19,21H,2-4,6,9-18,20H2,1H3. The molecule has 1 aromatic carbocycles. The Bertz CT molecular complexity index is 837. The van der Waals surface area contributed by atoms with Gasteiger partial charge in [-0.1, -0.05) is 18.6 Å². The molecular formula is C26H38F3N3O3. The lowest BCUT2D eigenvalue weighted by Crippen LogP contribution is -2.53. The highest BCUT2D eigenvalue weighted by Gasteiger charge is 2.45. The third-order valence-electron chi connectivity index (χ3n) is 7.83. The van der Waals surface area contributed by atoms with Crippen molar-refractivity contribution in [1.82, 2.24) is 14.7 Å². The molecule has 1 atom stereocenters. The van der Waals surface area contributed by atoms with E-state index in [0.29, 0.717) is 19.7 Å². The average molecular weight is 498 g/mol. The fourth-order valence-electron chi connectivity index (χ4n) is 5.63. The van der Waals surface area contributed by atoms with E-state index in [1.54, 1.807) is 0 Å². The number of likely N-dealkylation sites (tertiary alicyclic amines) is 3. The molecule has 3 fully saturated rings. The molecular weight excluding hydrogens is 459 g/mol. The fourth-order valence-corrected chi connectivity index (χ4v) is 5.63. The molecule has 0 radical (unpaired) electrons. The van der Waals surface area contributed by atoms with E-state index >= 15 is 0 Å². The van der Waals surface area contributed by atoms with Crippen molar-refractivity contribution >= 4 is 6.09 Å². The van der Waals surface area contributed by atoms with Crippen LogP contribution in [0.25, 0.3) is 0 Å². The lowest BCUT2D eigenvalue weighted by Gasteiger charge is -2.45. The number of hydrogen-bond acceptors (Lipinski definition) is 5. The highest BCUT2D eigenvalue weighted by atomic mass is 19.4. The number of amides is 1. The predicted octanol–water partition coefficient (Wildman–Crippen LogP) is 5.07. The Hall–Kier alpha value is -2.00. The van der Waals surface area contributed by atoms with E-state index in [9.17, 15) is 18.0 Å². The van der Waals surface area contributed by atoms with Crippen molar-refractivity contribution in [3.05, 3.63) is 29.8 Å². The molecule has 0 bridgehead atoms. The fraction of sp³-hybridized carbons (Fsp3) is 0.731. The van der Waals surface area contributed by atoms with E-state index in [0.717, 1.165) is 71.1 Å². The molecule has 0 aromatic heterocycles. The summed E-state index contributed by atoms with van der Waals surface area (Å²) in [6.45, 7) is 7.46. The van der Waals surface area contributed by atoms with E-state index in [-0.39, 0.29) is 5.54 Å². The first kappa shape index (κ1) is 26.1. The molecule has 3 aliphatic heterocycles. The van der Waals surface area contributed by atoms with Crippen molar-refractivity contribution in [2.75, 3.05) is 45.9 Å². The molecule has 1 unspecified atom stereocenters. The second-order valence-corrected chi connectivity index (χ2v) is 10.2. The normalized spacial score (nSPS) is 22.3. The molecule has 35 heavy (non-hydrogen) atoms. The van der Waals surface area contributed by atoms with Crippen molar-refractivity contribution in [3.63, 3.8) is 0 Å². The minimum absolute atomic E-state index is 0.0163. The van der Waals surface area contributed by atoms with Crippen LogP contribution in [0.2, 0.25) is 0 Å². The van der Waals surface area contributed by atoms with Gasteiger partial charge in [-0.05, 0) is 82.8 Å². The maximum absolute atomic E-state index is 12.7. The summed E-state index contributed by atoms with van der Waals surface area (Å²) in [4.78, 5) is 18.6. The zero-order valence-electron chi connectivity index (χ0n) is 20.7. The highest BCUT2D eigenvalue weighted by molar-refractivity contribution is 5.68. The van der Waals surface area contributed by atoms with E-state index in [1.807, 2.05) is 12.1 Å². The van der Waals surface area contributed by atoms with Gasteiger partial charge in [0.15, 0.2) is 6.10 Å². The molecule has 0 aliphatic carbocycles. The van der Waals surface area contributed by atoms with E-state index in [1.165, 1.54) is 29.7 Å². The smallest absolute Gasteiger partial charge is 0.425 e. The second kappa shape index (κ2) is 11.4. The first-order valence-corrected chi connectivity index (χ1v) is 13.0. The Kier molecular flexibility index (Phi) is 8.47. The van der Waals surface area contributed by atoms with Gasteiger partial charge in [0.25, 0.3) is 0 Å². The van der Waals surface area contributed by atoms with Crippen LogP contribution in [-0.4, -0.2) is 84.5 Å². The molecule has 6 nitrogen and oxygen atoms in total. The number of benzene rings is 1. The molecule has 0 saturated carbocycles. The zero-order valence-corrected chi connectivity index (χ0v) is 20.7. The van der Waals surface area contributed by atoms with Gasteiger partial charge in [-0.25, -0.2) is 4.79 Å². The topological polar surface area (TPSA) is 45.3 Å². The number of ether oxygens (including phenoxy) is 2. The minimum atomic E-state index is -4.54. The number of piperidine rings is 2. The monoisotopic (exact) mass is 497 g/mol. The zero-order chi connectivity index (χ0) is 24.9. The quantitative estimate of drug-likeness (QED) is 0.527. The molecule has 1 spiro atoms. The van der Waals surface area contributed by atoms with Crippen molar-refractivity contribution in [2.45, 2.75) is 76.2 Å². The van der Waals surface area contributed by atoms with Crippen LogP contribution in [0.1, 0.15) is 57.4 Å². The maximum Gasteiger partial charge on any atom is 0.425 e. The van der Waals surface area contributed by atoms with Crippen molar-refractivity contribution < 1.29 is 27.4 Å². The first-order chi connectivity index (χ1) is 16.7. The van der Waals surface area contributed by atoms with Gasteiger partial charge in [-0.3, -0.25) is 9.80 Å². The molecule has 1 amide bonds. The van der Waals surface area contributed by atoms with Gasteiger partial charge in [0, 0.05) is 31.7 Å². The van der Waals surface area contributed by atoms with Gasteiger partial charge in [-0.2, -0.15) is 13.2 Å². The lowest BCUT2D eigenvalue weighted by atomic mass is 9.85. The summed E-state index contributed by atoms with van der Waals surface area (Å²) in [6.07, 6.45) is -0.00718. The van der Waals surface area contributed by atoms with Gasteiger partial charge in [0.2, 0.25) is 0 Å². The second-order valence-electron chi connectivity index (χ2n) is 10.2. The van der Waals surface area contributed by atoms with Gasteiger partial charge in [-0.15, -0.1) is 0 Å². The molecule has 3 aliphatic rings. The molecule has 9 heteroatoms. The van der Waals surface area contributed by atoms with Crippen LogP contribution in [0.3, 0.4) is 0 Å². The Balaban J connectivity index is 1.28. The summed E-state index contributed by atoms with van der Waals surface area (Å²) < 4.78 is 48.9. The Morgan fingerprint density at radius 3 is 2.49 bits per heavy atom. The van der Waals surface area contributed by atoms with Crippen LogP contribution in [0.5, 0.6) is 5.75 Å². The van der Waals surface area contributed by atoms with Gasteiger partial charge in [0.05, 0.1) is 0 Å². The van der Waals surface area contributed by atoms with Crippen LogP contribution in [-0.2, 0) is 11.3 Å². The highest BCUT2D eigenvalue weighted by Crippen LogP contribution is 2.40. The summed E-state index contributed by atoms with van der Waals surface area (Å²) in [7, 11) is 0. The lowest BCUT2D eigenvalue weighted by molar-refractivity contribution is -0.200. The van der Waals surface area contributed by atoms with Crippen LogP contribution in [0.15, 0.2) is 24.3 Å². The van der Waals surface area contributed by atoms with Crippen molar-refractivity contribution in [1.29, 1.82) is 0 Å². The third kappa shape index (κ3) is 6.82. The van der Waals surface area contributed by atoms with Crippen LogP contribution < -0.4 is 4.74 Å². The molecule has 0 N–H and O–H groups in total. The Morgan fingerprint density at radius 2 is 1.77 bits per heavy atom. The third-order valence-corrected chi connectivity index (χ3v) is 7.83. The molecule has 196 valence electrons. The number of carbonyl (C=O) groups is 1. The number of nitrogens with zero attached hydrogens (tertiary/aromatic N) is 3. The Labute approximate surface area is 206 Å².